The Hall–Kier alpha value is -3.05. The molecule has 4 aromatic rings. The third kappa shape index (κ3) is 3.56. The van der Waals surface area contributed by atoms with E-state index in [2.05, 4.69) is 10.3 Å². The fraction of sp³-hybridized carbons (Fsp3) is 0.0500. The molecule has 0 aliphatic rings. The summed E-state index contributed by atoms with van der Waals surface area (Å²) in [5.41, 5.74) is 1.75. The maximum absolute atomic E-state index is 11.4. The molecule has 0 saturated heterocycles. The fourth-order valence-corrected chi connectivity index (χ4v) is 3.35. The summed E-state index contributed by atoms with van der Waals surface area (Å²) in [6, 6.07) is 21.0. The molecule has 4 nitrogen and oxygen atoms in total. The molecule has 0 aliphatic heterocycles. The van der Waals surface area contributed by atoms with Crippen molar-refractivity contribution in [3.05, 3.63) is 87.3 Å². The largest absolute Gasteiger partial charge is 0.456 e. The molecule has 0 spiro atoms. The second kappa shape index (κ2) is 6.83. The zero-order valence-corrected chi connectivity index (χ0v) is 14.2. The van der Waals surface area contributed by atoms with Gasteiger partial charge in [0.15, 0.2) is 0 Å². The number of hydrogen-bond acceptors (Lipinski definition) is 4. The van der Waals surface area contributed by atoms with Gasteiger partial charge in [0.05, 0.1) is 11.4 Å². The van der Waals surface area contributed by atoms with Crippen LogP contribution in [0, 0.1) is 0 Å². The molecule has 5 heteroatoms. The summed E-state index contributed by atoms with van der Waals surface area (Å²) >= 11 is 1.66. The third-order valence-corrected chi connectivity index (χ3v) is 4.75. The van der Waals surface area contributed by atoms with Crippen LogP contribution in [0.2, 0.25) is 0 Å². The lowest BCUT2D eigenvalue weighted by molar-refractivity contribution is 0.480. The van der Waals surface area contributed by atoms with Gasteiger partial charge in [-0.05, 0) is 47.8 Å². The van der Waals surface area contributed by atoms with Crippen molar-refractivity contribution in [1.82, 2.24) is 4.98 Å². The molecule has 2 N–H and O–H groups in total. The number of nitrogens with one attached hydrogen (secondary N) is 2. The van der Waals surface area contributed by atoms with Crippen molar-refractivity contribution < 1.29 is 4.74 Å². The number of H-pyrrole nitrogens is 1. The van der Waals surface area contributed by atoms with E-state index in [1.54, 1.807) is 11.3 Å². The highest BCUT2D eigenvalue weighted by atomic mass is 32.1. The van der Waals surface area contributed by atoms with E-state index >= 15 is 0 Å². The molecule has 0 bridgehead atoms. The molecular formula is C20H16N2O2S. The molecule has 0 aliphatic carbocycles. The van der Waals surface area contributed by atoms with E-state index in [1.165, 1.54) is 6.07 Å². The Labute approximate surface area is 148 Å². The first-order valence-electron chi connectivity index (χ1n) is 7.94. The average molecular weight is 348 g/mol. The van der Waals surface area contributed by atoms with Gasteiger partial charge in [-0.1, -0.05) is 18.2 Å². The number of pyridine rings is 1. The van der Waals surface area contributed by atoms with Crippen molar-refractivity contribution in [2.24, 2.45) is 0 Å². The van der Waals surface area contributed by atoms with Gasteiger partial charge in [0.25, 0.3) is 0 Å². The molecule has 124 valence electrons. The highest BCUT2D eigenvalue weighted by molar-refractivity contribution is 7.10. The summed E-state index contributed by atoms with van der Waals surface area (Å²) in [5.74, 6) is 1.70. The second-order valence-electron chi connectivity index (χ2n) is 5.60. The average Bonchev–Trinajstić information content (AvgIpc) is 3.08. The van der Waals surface area contributed by atoms with Crippen LogP contribution in [0.25, 0.3) is 10.9 Å². The number of anilines is 1. The van der Waals surface area contributed by atoms with Gasteiger partial charge in [-0.25, -0.2) is 0 Å². The van der Waals surface area contributed by atoms with Crippen LogP contribution >= 0.6 is 11.3 Å². The summed E-state index contributed by atoms with van der Waals surface area (Å²) in [4.78, 5) is 15.3. The lowest BCUT2D eigenvalue weighted by atomic mass is 10.2. The van der Waals surface area contributed by atoms with E-state index in [4.69, 9.17) is 4.74 Å². The zero-order chi connectivity index (χ0) is 17.1. The summed E-state index contributed by atoms with van der Waals surface area (Å²) in [6.45, 7) is 0.675. The van der Waals surface area contributed by atoms with Crippen molar-refractivity contribution in [2.45, 2.75) is 6.54 Å². The van der Waals surface area contributed by atoms with Gasteiger partial charge in [-0.3, -0.25) is 4.79 Å². The van der Waals surface area contributed by atoms with Crippen LogP contribution in [0.15, 0.2) is 76.9 Å². The molecule has 2 heterocycles. The van der Waals surface area contributed by atoms with Gasteiger partial charge in [-0.15, -0.1) is 11.3 Å². The summed E-state index contributed by atoms with van der Waals surface area (Å²) in [7, 11) is 0. The lowest BCUT2D eigenvalue weighted by Crippen LogP contribution is -2.03. The number of hydrogen-bond donors (Lipinski definition) is 2. The van der Waals surface area contributed by atoms with Crippen LogP contribution in [0.4, 0.5) is 5.69 Å². The number of rotatable bonds is 5. The number of benzene rings is 2. The summed E-state index contributed by atoms with van der Waals surface area (Å²) in [6.07, 6.45) is 0. The predicted octanol–water partition coefficient (Wildman–Crippen LogP) is 4.99. The van der Waals surface area contributed by atoms with Crippen molar-refractivity contribution in [2.75, 3.05) is 5.32 Å². The molecule has 2 aromatic heterocycles. The quantitative estimate of drug-likeness (QED) is 0.534. The van der Waals surface area contributed by atoms with Crippen LogP contribution in [0.5, 0.6) is 11.5 Å². The first-order chi connectivity index (χ1) is 12.3. The van der Waals surface area contributed by atoms with Crippen LogP contribution in [-0.2, 0) is 6.54 Å². The van der Waals surface area contributed by atoms with Gasteiger partial charge in [-0.2, -0.15) is 0 Å². The third-order valence-electron chi connectivity index (χ3n) is 3.85. The van der Waals surface area contributed by atoms with E-state index in [0.717, 1.165) is 33.0 Å². The number of ether oxygens (including phenoxy) is 1. The Kier molecular flexibility index (Phi) is 4.23. The first kappa shape index (κ1) is 15.5. The van der Waals surface area contributed by atoms with Gasteiger partial charge in [0, 0.05) is 22.7 Å². The SMILES string of the molecule is O=c1ccc2cc(NCc3sccc3Oc3ccccc3)ccc2[nH]1. The summed E-state index contributed by atoms with van der Waals surface area (Å²) < 4.78 is 5.95. The minimum absolute atomic E-state index is 0.0884. The molecule has 0 saturated carbocycles. The molecule has 0 radical (unpaired) electrons. The number of fused-ring (bicyclic) bond motifs is 1. The highest BCUT2D eigenvalue weighted by Crippen LogP contribution is 2.30. The minimum atomic E-state index is -0.0884. The van der Waals surface area contributed by atoms with E-state index in [1.807, 2.05) is 66.0 Å². The maximum atomic E-state index is 11.4. The Bertz CT molecular complexity index is 1050. The number of aromatic amines is 1. The van der Waals surface area contributed by atoms with E-state index < -0.39 is 0 Å². The zero-order valence-electron chi connectivity index (χ0n) is 13.4. The standard InChI is InChI=1S/C20H16N2O2S/c23-20-9-6-14-12-15(7-8-17(14)22-20)21-13-19-18(10-11-25-19)24-16-4-2-1-3-5-16/h1-12,21H,13H2,(H,22,23). The van der Waals surface area contributed by atoms with Crippen molar-refractivity contribution in [1.29, 1.82) is 0 Å². The molecule has 0 fully saturated rings. The number of para-hydroxylation sites is 1. The van der Waals surface area contributed by atoms with Gasteiger partial charge in [0.2, 0.25) is 5.56 Å². The molecular weight excluding hydrogens is 332 g/mol. The van der Waals surface area contributed by atoms with E-state index in [0.29, 0.717) is 6.54 Å². The number of thiophene rings is 1. The van der Waals surface area contributed by atoms with Crippen molar-refractivity contribution in [3.63, 3.8) is 0 Å². The highest BCUT2D eigenvalue weighted by Gasteiger charge is 2.07. The van der Waals surface area contributed by atoms with Crippen molar-refractivity contribution in [3.8, 4) is 11.5 Å². The number of aromatic nitrogens is 1. The molecule has 0 unspecified atom stereocenters. The maximum Gasteiger partial charge on any atom is 0.248 e. The van der Waals surface area contributed by atoms with E-state index in [9.17, 15) is 4.79 Å². The van der Waals surface area contributed by atoms with Gasteiger partial charge < -0.3 is 15.0 Å². The van der Waals surface area contributed by atoms with Gasteiger partial charge >= 0.3 is 0 Å². The molecule has 25 heavy (non-hydrogen) atoms. The molecule has 2 aromatic carbocycles. The minimum Gasteiger partial charge on any atom is -0.456 e. The predicted molar refractivity (Wildman–Crippen MR) is 103 cm³/mol. The molecule has 0 atom stereocenters. The topological polar surface area (TPSA) is 54.1 Å². The monoisotopic (exact) mass is 348 g/mol. The lowest BCUT2D eigenvalue weighted by Gasteiger charge is -2.09. The summed E-state index contributed by atoms with van der Waals surface area (Å²) in [5, 5.41) is 6.44. The van der Waals surface area contributed by atoms with Crippen LogP contribution in [-0.4, -0.2) is 4.98 Å². The Balaban J connectivity index is 1.49. The van der Waals surface area contributed by atoms with Crippen LogP contribution in [0.3, 0.4) is 0 Å². The second-order valence-corrected chi connectivity index (χ2v) is 6.60. The van der Waals surface area contributed by atoms with Crippen molar-refractivity contribution >= 4 is 27.9 Å². The Morgan fingerprint density at radius 2 is 1.88 bits per heavy atom. The van der Waals surface area contributed by atoms with Gasteiger partial charge in [0.1, 0.15) is 11.5 Å². The smallest absolute Gasteiger partial charge is 0.248 e. The first-order valence-corrected chi connectivity index (χ1v) is 8.82. The Morgan fingerprint density at radius 3 is 2.76 bits per heavy atom. The normalized spacial score (nSPS) is 10.7. The Morgan fingerprint density at radius 1 is 1.00 bits per heavy atom. The molecule has 0 amide bonds. The van der Waals surface area contributed by atoms with E-state index in [-0.39, 0.29) is 5.56 Å². The van der Waals surface area contributed by atoms with Crippen LogP contribution in [0.1, 0.15) is 4.88 Å². The molecule has 4 rings (SSSR count). The van der Waals surface area contributed by atoms with Crippen LogP contribution < -0.4 is 15.6 Å². The fourth-order valence-electron chi connectivity index (χ4n) is 2.61.